The minimum absolute atomic E-state index is 0.0162. The Labute approximate surface area is 192 Å². The van der Waals surface area contributed by atoms with E-state index >= 15 is 0 Å². The van der Waals surface area contributed by atoms with E-state index in [9.17, 15) is 14.7 Å². The summed E-state index contributed by atoms with van der Waals surface area (Å²) in [6.07, 6.45) is 0.521. The number of aliphatic hydroxyl groups excluding tert-OH is 1. The number of carbonyl (C=O) groups is 1. The third kappa shape index (κ3) is 6.02. The summed E-state index contributed by atoms with van der Waals surface area (Å²) in [6, 6.07) is 7.52. The third-order valence-electron chi connectivity index (χ3n) is 5.49. The Balaban J connectivity index is 1.98. The van der Waals surface area contributed by atoms with E-state index in [-0.39, 0.29) is 37.3 Å². The number of H-pyrrole nitrogens is 1. The molecule has 10 nitrogen and oxygen atoms in total. The van der Waals surface area contributed by atoms with Gasteiger partial charge in [-0.15, -0.1) is 5.10 Å². The minimum atomic E-state index is -0.420. The molecule has 0 unspecified atom stereocenters. The highest BCUT2D eigenvalue weighted by molar-refractivity contribution is 5.79. The Kier molecular flexibility index (Phi) is 8.29. The lowest BCUT2D eigenvalue weighted by Gasteiger charge is -2.33. The van der Waals surface area contributed by atoms with Crippen molar-refractivity contribution in [2.45, 2.75) is 53.2 Å². The number of aliphatic hydroxyl groups is 1. The van der Waals surface area contributed by atoms with Gasteiger partial charge in [-0.2, -0.15) is 0 Å². The van der Waals surface area contributed by atoms with Gasteiger partial charge in [0.05, 0.1) is 12.6 Å². The number of rotatable bonds is 11. The molecule has 0 aliphatic carbocycles. The van der Waals surface area contributed by atoms with Crippen LogP contribution < -0.4 is 5.56 Å². The molecule has 1 atom stereocenters. The average Bonchev–Trinajstić information content (AvgIpc) is 3.20. The molecule has 0 saturated heterocycles. The fraction of sp³-hybridized carbons (Fsp3) is 0.522. The Morgan fingerprint density at radius 3 is 2.79 bits per heavy atom. The van der Waals surface area contributed by atoms with Crippen LogP contribution in [0.1, 0.15) is 50.2 Å². The number of pyridine rings is 1. The standard InChI is InChI=1S/C23H32N6O4/c1-5-33-20(31)14-29-22(25-26-27-29)21(15(2)3)28(9-6-10-30)13-18-12-17-11-16(4)7-8-19(17)24-23(18)32/h7-8,11-12,15,21,30H,5-6,9-10,13-14H2,1-4H3,(H,24,32)/t21-/m0/s1. The number of esters is 1. The largest absolute Gasteiger partial charge is 0.465 e. The number of benzene rings is 1. The van der Waals surface area contributed by atoms with E-state index in [1.165, 1.54) is 4.68 Å². The molecule has 1 aromatic carbocycles. The van der Waals surface area contributed by atoms with E-state index in [1.807, 2.05) is 45.0 Å². The summed E-state index contributed by atoms with van der Waals surface area (Å²) in [6.45, 7) is 8.89. The molecule has 10 heteroatoms. The van der Waals surface area contributed by atoms with Gasteiger partial charge in [0, 0.05) is 30.8 Å². The molecule has 0 amide bonds. The van der Waals surface area contributed by atoms with Crippen molar-refractivity contribution in [3.8, 4) is 0 Å². The highest BCUT2D eigenvalue weighted by Crippen LogP contribution is 2.28. The van der Waals surface area contributed by atoms with Crippen molar-refractivity contribution in [2.24, 2.45) is 5.92 Å². The van der Waals surface area contributed by atoms with Gasteiger partial charge in [-0.3, -0.25) is 14.5 Å². The zero-order valence-electron chi connectivity index (χ0n) is 19.6. The lowest BCUT2D eigenvalue weighted by atomic mass is 10.00. The number of hydrogen-bond acceptors (Lipinski definition) is 8. The first-order valence-electron chi connectivity index (χ1n) is 11.2. The van der Waals surface area contributed by atoms with Crippen LogP contribution in [0.4, 0.5) is 0 Å². The Morgan fingerprint density at radius 1 is 1.30 bits per heavy atom. The first-order chi connectivity index (χ1) is 15.8. The Morgan fingerprint density at radius 2 is 2.09 bits per heavy atom. The number of hydrogen-bond donors (Lipinski definition) is 2. The van der Waals surface area contributed by atoms with Gasteiger partial charge in [0.25, 0.3) is 5.56 Å². The fourth-order valence-corrected chi connectivity index (χ4v) is 4.05. The summed E-state index contributed by atoms with van der Waals surface area (Å²) in [5.41, 5.74) is 2.35. The quantitative estimate of drug-likeness (QED) is 0.420. The molecule has 0 aliphatic heterocycles. The first kappa shape index (κ1) is 24.5. The van der Waals surface area contributed by atoms with E-state index in [0.29, 0.717) is 30.9 Å². The predicted molar refractivity (Wildman–Crippen MR) is 123 cm³/mol. The first-order valence-corrected chi connectivity index (χ1v) is 11.2. The van der Waals surface area contributed by atoms with Gasteiger partial charge in [-0.25, -0.2) is 4.68 Å². The number of carbonyl (C=O) groups excluding carboxylic acids is 1. The predicted octanol–water partition coefficient (Wildman–Crippen LogP) is 1.97. The number of aromatic amines is 1. The van der Waals surface area contributed by atoms with Crippen LogP contribution in [0.2, 0.25) is 0 Å². The van der Waals surface area contributed by atoms with E-state index in [1.54, 1.807) is 6.92 Å². The molecular formula is C23H32N6O4. The van der Waals surface area contributed by atoms with Gasteiger partial charge in [-0.1, -0.05) is 25.5 Å². The normalized spacial score (nSPS) is 12.6. The minimum Gasteiger partial charge on any atom is -0.465 e. The van der Waals surface area contributed by atoms with Crippen LogP contribution in [0.25, 0.3) is 10.9 Å². The van der Waals surface area contributed by atoms with Crippen LogP contribution >= 0.6 is 0 Å². The van der Waals surface area contributed by atoms with Crippen molar-refractivity contribution < 1.29 is 14.6 Å². The lowest BCUT2D eigenvalue weighted by Crippen LogP contribution is -2.37. The van der Waals surface area contributed by atoms with Crippen molar-refractivity contribution in [3.63, 3.8) is 0 Å². The molecule has 3 rings (SSSR count). The molecule has 0 fully saturated rings. The monoisotopic (exact) mass is 456 g/mol. The second-order valence-corrected chi connectivity index (χ2v) is 8.45. The van der Waals surface area contributed by atoms with Crippen molar-refractivity contribution >= 4 is 16.9 Å². The molecule has 0 radical (unpaired) electrons. The van der Waals surface area contributed by atoms with Gasteiger partial charge in [-0.05, 0) is 60.2 Å². The molecule has 2 heterocycles. The van der Waals surface area contributed by atoms with Crippen molar-refractivity contribution in [3.05, 3.63) is 51.6 Å². The maximum Gasteiger partial charge on any atom is 0.327 e. The molecule has 2 N–H and O–H groups in total. The second kappa shape index (κ2) is 11.2. The van der Waals surface area contributed by atoms with E-state index in [4.69, 9.17) is 4.74 Å². The number of ether oxygens (including phenoxy) is 1. The molecule has 0 saturated carbocycles. The zero-order valence-corrected chi connectivity index (χ0v) is 19.6. The van der Waals surface area contributed by atoms with Crippen LogP contribution in [0.3, 0.4) is 0 Å². The molecule has 3 aromatic rings. The van der Waals surface area contributed by atoms with E-state index < -0.39 is 5.97 Å². The number of nitrogens with one attached hydrogen (secondary N) is 1. The summed E-state index contributed by atoms with van der Waals surface area (Å²) in [4.78, 5) is 30.0. The average molecular weight is 457 g/mol. The maximum absolute atomic E-state index is 12.9. The summed E-state index contributed by atoms with van der Waals surface area (Å²) >= 11 is 0. The Bertz CT molecular complexity index is 1140. The van der Waals surface area contributed by atoms with Gasteiger partial charge in [0.1, 0.15) is 6.54 Å². The molecule has 0 aliphatic rings. The molecule has 0 spiro atoms. The van der Waals surface area contributed by atoms with Gasteiger partial charge in [0.2, 0.25) is 0 Å². The summed E-state index contributed by atoms with van der Waals surface area (Å²) in [5.74, 6) is 0.165. The number of aryl methyl sites for hydroxylation is 1. The topological polar surface area (TPSA) is 126 Å². The van der Waals surface area contributed by atoms with Crippen molar-refractivity contribution in [2.75, 3.05) is 19.8 Å². The lowest BCUT2D eigenvalue weighted by molar-refractivity contribution is -0.144. The maximum atomic E-state index is 12.9. The summed E-state index contributed by atoms with van der Waals surface area (Å²) in [5, 5.41) is 22.4. The van der Waals surface area contributed by atoms with Gasteiger partial charge >= 0.3 is 5.97 Å². The second-order valence-electron chi connectivity index (χ2n) is 8.45. The Hall–Kier alpha value is -3.11. The fourth-order valence-electron chi connectivity index (χ4n) is 4.05. The summed E-state index contributed by atoms with van der Waals surface area (Å²) < 4.78 is 6.50. The van der Waals surface area contributed by atoms with Crippen LogP contribution in [-0.4, -0.2) is 60.9 Å². The molecule has 33 heavy (non-hydrogen) atoms. The highest BCUT2D eigenvalue weighted by atomic mass is 16.5. The van der Waals surface area contributed by atoms with Gasteiger partial charge < -0.3 is 14.8 Å². The van der Waals surface area contributed by atoms with Crippen LogP contribution in [-0.2, 0) is 22.6 Å². The van der Waals surface area contributed by atoms with E-state index in [2.05, 4.69) is 25.4 Å². The van der Waals surface area contributed by atoms with Crippen molar-refractivity contribution in [1.82, 2.24) is 30.1 Å². The number of fused-ring (bicyclic) bond motifs is 1. The molecule has 0 bridgehead atoms. The molecule has 178 valence electrons. The summed E-state index contributed by atoms with van der Waals surface area (Å²) in [7, 11) is 0. The number of nitrogens with zero attached hydrogens (tertiary/aromatic N) is 5. The molecular weight excluding hydrogens is 424 g/mol. The SMILES string of the molecule is CCOC(=O)Cn1nnnc1[C@H](C(C)C)N(CCCO)Cc1cc2cc(C)ccc2[nH]c1=O. The third-order valence-corrected chi connectivity index (χ3v) is 5.49. The molecule has 2 aromatic heterocycles. The zero-order chi connectivity index (χ0) is 24.0. The van der Waals surface area contributed by atoms with Crippen LogP contribution in [0, 0.1) is 12.8 Å². The van der Waals surface area contributed by atoms with Crippen LogP contribution in [0.15, 0.2) is 29.1 Å². The van der Waals surface area contributed by atoms with Gasteiger partial charge in [0.15, 0.2) is 5.82 Å². The number of tetrazole rings is 1. The van der Waals surface area contributed by atoms with E-state index in [0.717, 1.165) is 16.5 Å². The van der Waals surface area contributed by atoms with Crippen molar-refractivity contribution in [1.29, 1.82) is 0 Å². The van der Waals surface area contributed by atoms with Crippen LogP contribution in [0.5, 0.6) is 0 Å². The smallest absolute Gasteiger partial charge is 0.327 e. The highest BCUT2D eigenvalue weighted by Gasteiger charge is 2.30. The number of aromatic nitrogens is 5.